The molecule has 1 fully saturated rings. The summed E-state index contributed by atoms with van der Waals surface area (Å²) in [5, 5.41) is 4.24. The second kappa shape index (κ2) is 3.61. The van der Waals surface area contributed by atoms with Crippen LogP contribution in [0.1, 0.15) is 32.7 Å². The highest BCUT2D eigenvalue weighted by Crippen LogP contribution is 2.28. The predicted octanol–water partition coefficient (Wildman–Crippen LogP) is 1.59. The molecule has 1 aliphatic rings. The van der Waals surface area contributed by atoms with Gasteiger partial charge in [0.15, 0.2) is 0 Å². The Morgan fingerprint density at radius 2 is 2.07 bits per heavy atom. The fourth-order valence-corrected chi connectivity index (χ4v) is 2.14. The van der Waals surface area contributed by atoms with E-state index in [0.717, 1.165) is 18.5 Å². The molecule has 4 heteroatoms. The van der Waals surface area contributed by atoms with Crippen LogP contribution < -0.4 is 5.73 Å². The first-order valence-corrected chi connectivity index (χ1v) is 5.10. The van der Waals surface area contributed by atoms with Crippen LogP contribution in [0.25, 0.3) is 0 Å². The summed E-state index contributed by atoms with van der Waals surface area (Å²) in [4.78, 5) is 0. The summed E-state index contributed by atoms with van der Waals surface area (Å²) >= 11 is 0. The summed E-state index contributed by atoms with van der Waals surface area (Å²) in [6.07, 6.45) is 6.26. The highest BCUT2D eigenvalue weighted by Gasteiger charge is 2.25. The van der Waals surface area contributed by atoms with Gasteiger partial charge in [-0.3, -0.25) is 4.68 Å². The van der Waals surface area contributed by atoms with Crippen molar-refractivity contribution in [3.8, 4) is 0 Å². The van der Waals surface area contributed by atoms with Crippen LogP contribution in [0.15, 0.2) is 12.4 Å². The molecule has 3 atom stereocenters. The van der Waals surface area contributed by atoms with Gasteiger partial charge in [0, 0.05) is 6.20 Å². The van der Waals surface area contributed by atoms with E-state index in [0.29, 0.717) is 18.2 Å². The largest absolute Gasteiger partial charge is 0.396 e. The van der Waals surface area contributed by atoms with Crippen LogP contribution in [-0.4, -0.2) is 22.0 Å². The second-order valence-electron chi connectivity index (χ2n) is 4.14. The molecule has 14 heavy (non-hydrogen) atoms. The first kappa shape index (κ1) is 9.52. The summed E-state index contributed by atoms with van der Waals surface area (Å²) in [6, 6.07) is 0.436. The van der Waals surface area contributed by atoms with Gasteiger partial charge in [0.05, 0.1) is 30.1 Å². The minimum absolute atomic E-state index is 0.314. The molecular weight excluding hydrogens is 178 g/mol. The molecule has 2 N–H and O–H groups in total. The van der Waals surface area contributed by atoms with Crippen molar-refractivity contribution in [1.82, 2.24) is 9.78 Å². The van der Waals surface area contributed by atoms with Crippen LogP contribution in [-0.2, 0) is 4.74 Å². The summed E-state index contributed by atoms with van der Waals surface area (Å²) in [7, 11) is 0. The van der Waals surface area contributed by atoms with E-state index in [4.69, 9.17) is 10.5 Å². The van der Waals surface area contributed by atoms with Crippen molar-refractivity contribution in [3.05, 3.63) is 12.4 Å². The SMILES string of the molecule is C[C@@H]1CC(n2cc(N)cn2)C[C@H](C)O1. The van der Waals surface area contributed by atoms with E-state index in [-0.39, 0.29) is 0 Å². The van der Waals surface area contributed by atoms with Crippen LogP contribution in [0.5, 0.6) is 0 Å². The first-order valence-electron chi connectivity index (χ1n) is 5.10. The van der Waals surface area contributed by atoms with E-state index in [1.165, 1.54) is 0 Å². The monoisotopic (exact) mass is 195 g/mol. The lowest BCUT2D eigenvalue weighted by atomic mass is 10.0. The zero-order valence-corrected chi connectivity index (χ0v) is 8.68. The van der Waals surface area contributed by atoms with Gasteiger partial charge in [-0.2, -0.15) is 5.10 Å². The predicted molar refractivity (Wildman–Crippen MR) is 54.9 cm³/mol. The third kappa shape index (κ3) is 1.90. The lowest BCUT2D eigenvalue weighted by Crippen LogP contribution is -2.31. The Hall–Kier alpha value is -1.03. The molecule has 0 aromatic carbocycles. The molecule has 1 aromatic rings. The number of ether oxygens (including phenoxy) is 1. The van der Waals surface area contributed by atoms with Crippen LogP contribution in [0.4, 0.5) is 5.69 Å². The van der Waals surface area contributed by atoms with E-state index in [1.807, 2.05) is 10.9 Å². The fraction of sp³-hybridized carbons (Fsp3) is 0.700. The Bertz CT molecular complexity index is 300. The molecule has 0 aliphatic carbocycles. The molecule has 0 bridgehead atoms. The number of rotatable bonds is 1. The topological polar surface area (TPSA) is 53.1 Å². The van der Waals surface area contributed by atoms with Gasteiger partial charge < -0.3 is 10.5 Å². The second-order valence-corrected chi connectivity index (χ2v) is 4.14. The van der Waals surface area contributed by atoms with E-state index in [9.17, 15) is 0 Å². The lowest BCUT2D eigenvalue weighted by molar-refractivity contribution is -0.0506. The van der Waals surface area contributed by atoms with Gasteiger partial charge in [-0.25, -0.2) is 0 Å². The van der Waals surface area contributed by atoms with Crippen LogP contribution in [0.3, 0.4) is 0 Å². The molecule has 4 nitrogen and oxygen atoms in total. The molecule has 0 radical (unpaired) electrons. The van der Waals surface area contributed by atoms with E-state index < -0.39 is 0 Å². The number of nitrogens with zero attached hydrogens (tertiary/aromatic N) is 2. The van der Waals surface area contributed by atoms with Crippen molar-refractivity contribution in [1.29, 1.82) is 0 Å². The average molecular weight is 195 g/mol. The number of nitrogens with two attached hydrogens (primary N) is 1. The smallest absolute Gasteiger partial charge is 0.0719 e. The maximum atomic E-state index is 5.67. The molecule has 0 spiro atoms. The number of anilines is 1. The van der Waals surface area contributed by atoms with Crippen molar-refractivity contribution in [3.63, 3.8) is 0 Å². The molecule has 2 heterocycles. The molecule has 1 aliphatic heterocycles. The maximum Gasteiger partial charge on any atom is 0.0719 e. The highest BCUT2D eigenvalue weighted by atomic mass is 16.5. The Morgan fingerprint density at radius 1 is 1.43 bits per heavy atom. The van der Waals surface area contributed by atoms with Gasteiger partial charge in [0.1, 0.15) is 0 Å². The van der Waals surface area contributed by atoms with Gasteiger partial charge in [-0.05, 0) is 26.7 Å². The minimum atomic E-state index is 0.314. The summed E-state index contributed by atoms with van der Waals surface area (Å²) in [6.45, 7) is 4.21. The molecule has 1 saturated heterocycles. The molecule has 2 rings (SSSR count). The van der Waals surface area contributed by atoms with Crippen molar-refractivity contribution in [2.75, 3.05) is 5.73 Å². The summed E-state index contributed by atoms with van der Waals surface area (Å²) < 4.78 is 7.64. The van der Waals surface area contributed by atoms with E-state index >= 15 is 0 Å². The quantitative estimate of drug-likeness (QED) is 0.740. The zero-order valence-electron chi connectivity index (χ0n) is 8.68. The third-order valence-corrected chi connectivity index (χ3v) is 2.67. The van der Waals surface area contributed by atoms with Crippen molar-refractivity contribution in [2.45, 2.75) is 44.9 Å². The zero-order chi connectivity index (χ0) is 10.1. The van der Waals surface area contributed by atoms with Crippen LogP contribution >= 0.6 is 0 Å². The van der Waals surface area contributed by atoms with Crippen molar-refractivity contribution in [2.24, 2.45) is 0 Å². The molecule has 1 unspecified atom stereocenters. The van der Waals surface area contributed by atoms with Gasteiger partial charge in [0.2, 0.25) is 0 Å². The third-order valence-electron chi connectivity index (χ3n) is 2.67. The Labute approximate surface area is 84.0 Å². The number of nitrogen functional groups attached to an aromatic ring is 1. The van der Waals surface area contributed by atoms with E-state index in [1.54, 1.807) is 6.20 Å². The van der Waals surface area contributed by atoms with Crippen LogP contribution in [0, 0.1) is 0 Å². The number of hydrogen-bond acceptors (Lipinski definition) is 3. The highest BCUT2D eigenvalue weighted by molar-refractivity contribution is 5.30. The maximum absolute atomic E-state index is 5.67. The van der Waals surface area contributed by atoms with E-state index in [2.05, 4.69) is 18.9 Å². The molecule has 0 saturated carbocycles. The van der Waals surface area contributed by atoms with Crippen LogP contribution in [0.2, 0.25) is 0 Å². The first-order chi connectivity index (χ1) is 6.65. The summed E-state index contributed by atoms with van der Waals surface area (Å²) in [5.74, 6) is 0. The molecule has 78 valence electrons. The summed E-state index contributed by atoms with van der Waals surface area (Å²) in [5.41, 5.74) is 6.37. The molecule has 0 amide bonds. The Morgan fingerprint density at radius 3 is 2.57 bits per heavy atom. The van der Waals surface area contributed by atoms with Crippen molar-refractivity contribution >= 4 is 5.69 Å². The standard InChI is InChI=1S/C10H17N3O/c1-7-3-10(4-8(2)14-7)13-6-9(11)5-12-13/h5-8,10H,3-4,11H2,1-2H3/t7-,8+,10?. The average Bonchev–Trinajstić information content (AvgIpc) is 2.50. The molecule has 1 aromatic heterocycles. The van der Waals surface area contributed by atoms with Gasteiger partial charge in [-0.1, -0.05) is 0 Å². The lowest BCUT2D eigenvalue weighted by Gasteiger charge is -2.32. The number of hydrogen-bond donors (Lipinski definition) is 1. The van der Waals surface area contributed by atoms with Crippen molar-refractivity contribution < 1.29 is 4.74 Å². The van der Waals surface area contributed by atoms with Gasteiger partial charge in [0.25, 0.3) is 0 Å². The Balaban J connectivity index is 2.10. The van der Waals surface area contributed by atoms with Gasteiger partial charge >= 0.3 is 0 Å². The fourth-order valence-electron chi connectivity index (χ4n) is 2.14. The van der Waals surface area contributed by atoms with Gasteiger partial charge in [-0.15, -0.1) is 0 Å². The Kier molecular flexibility index (Phi) is 2.46. The minimum Gasteiger partial charge on any atom is -0.396 e. The number of aromatic nitrogens is 2. The normalized spacial score (nSPS) is 33.1. The molecular formula is C10H17N3O.